The average Bonchev–Trinajstić information content (AvgIpc) is 4.17. The number of fused-ring (bicyclic) bond motifs is 4. The number of benzene rings is 2. The van der Waals surface area contributed by atoms with Crippen LogP contribution in [0.3, 0.4) is 0 Å². The highest BCUT2D eigenvalue weighted by atomic mass is 35.7. The third kappa shape index (κ3) is 13.1. The van der Waals surface area contributed by atoms with Crippen molar-refractivity contribution in [2.24, 2.45) is 11.8 Å². The Hall–Kier alpha value is -3.47. The highest BCUT2D eigenvalue weighted by Crippen LogP contribution is 2.41. The monoisotopic (exact) mass is 1060 g/mol. The van der Waals surface area contributed by atoms with Gasteiger partial charge in [0, 0.05) is 49.8 Å². The molecule has 0 saturated carbocycles. The first kappa shape index (κ1) is 53.8. The molecule has 6 N–H and O–H groups in total. The standard InChI is InChI=1S/C22H31N5O3S.C20H29ClN4O3SSi.C8H17NO/c1-22(2,28)16-9-11-27(12-10-16)31(29,30)21-24-20(25-26-21)23-19-17-7-3-5-14(17)13-15-6-4-8-18(15)19;1-30(2,3)11-10-28-13-25-19(23-20(24-25)29(21,26)27)22-18-16-8-4-6-14(16)12-15-7-5-9-17(15)18;1-8(2,10)7-3-5-9-6-4-7/h13,16,28H,3-12H2,1-2H3,(H2,23,24,25,26);12H,4-11,13H2,1-3H3,(H,22,23,24);7,9-10H,3-6H2,1-2H3. The molecule has 2 fully saturated rings. The van der Waals surface area contributed by atoms with E-state index >= 15 is 0 Å². The zero-order valence-corrected chi connectivity index (χ0v) is 46.3. The van der Waals surface area contributed by atoms with Gasteiger partial charge in [-0.05, 0) is 206 Å². The zero-order chi connectivity index (χ0) is 50.9. The molecule has 10 rings (SSSR count). The van der Waals surface area contributed by atoms with E-state index in [1.165, 1.54) is 53.5 Å². The van der Waals surface area contributed by atoms with E-state index in [9.17, 15) is 27.0 Å². The van der Waals surface area contributed by atoms with Gasteiger partial charge in [-0.3, -0.25) is 0 Å². The van der Waals surface area contributed by atoms with Crippen LogP contribution >= 0.6 is 10.7 Å². The molecule has 0 amide bonds. The van der Waals surface area contributed by atoms with Crippen molar-refractivity contribution in [3.63, 3.8) is 0 Å². The van der Waals surface area contributed by atoms with Crippen LogP contribution in [0, 0.1) is 11.8 Å². The molecule has 2 aromatic heterocycles. The molecular formula is C50H77ClN10O7S2Si. The Bertz CT molecular complexity index is 2690. The Morgan fingerprint density at radius 3 is 1.66 bits per heavy atom. The van der Waals surface area contributed by atoms with E-state index in [2.05, 4.69) is 73.0 Å². The van der Waals surface area contributed by atoms with Crippen molar-refractivity contribution < 1.29 is 31.8 Å². The number of ether oxygens (including phenoxy) is 1. The smallest absolute Gasteiger partial charge is 0.298 e. The van der Waals surface area contributed by atoms with Crippen LogP contribution in [0.1, 0.15) is 124 Å². The minimum absolute atomic E-state index is 0.0909. The maximum Gasteiger partial charge on any atom is 0.298 e. The minimum Gasteiger partial charge on any atom is -0.390 e. The van der Waals surface area contributed by atoms with E-state index in [0.717, 1.165) is 120 Å². The largest absolute Gasteiger partial charge is 0.390 e. The van der Waals surface area contributed by atoms with Crippen molar-refractivity contribution in [1.82, 2.24) is 39.6 Å². The first-order valence-corrected chi connectivity index (χ1v) is 33.3. The summed E-state index contributed by atoms with van der Waals surface area (Å²) >= 11 is 0. The van der Waals surface area contributed by atoms with E-state index in [1.807, 2.05) is 13.8 Å². The molecule has 0 unspecified atom stereocenters. The molecule has 0 radical (unpaired) electrons. The summed E-state index contributed by atoms with van der Waals surface area (Å²) in [6.45, 7) is 17.8. The Kier molecular flexibility index (Phi) is 16.5. The van der Waals surface area contributed by atoms with Gasteiger partial charge < -0.3 is 30.9 Å². The lowest BCUT2D eigenvalue weighted by Gasteiger charge is -2.36. The number of piperidine rings is 2. The Balaban J connectivity index is 0.000000160. The molecule has 71 heavy (non-hydrogen) atoms. The number of anilines is 4. The van der Waals surface area contributed by atoms with Crippen LogP contribution in [0.5, 0.6) is 0 Å². The summed E-state index contributed by atoms with van der Waals surface area (Å²) in [5.74, 6) is 1.25. The molecule has 0 spiro atoms. The molecular weight excluding hydrogens is 980 g/mol. The highest BCUT2D eigenvalue weighted by molar-refractivity contribution is 8.13. The molecule has 2 saturated heterocycles. The topological polar surface area (TPSA) is 230 Å². The van der Waals surface area contributed by atoms with Crippen molar-refractivity contribution in [1.29, 1.82) is 0 Å². The number of hydrogen-bond acceptors (Lipinski definition) is 14. The summed E-state index contributed by atoms with van der Waals surface area (Å²) in [6, 6.07) is 5.74. The van der Waals surface area contributed by atoms with Crippen molar-refractivity contribution in [2.75, 3.05) is 43.4 Å². The van der Waals surface area contributed by atoms with Gasteiger partial charge in [0.15, 0.2) is 0 Å². The third-order valence-electron chi connectivity index (χ3n) is 15.3. The molecule has 0 atom stereocenters. The van der Waals surface area contributed by atoms with Gasteiger partial charge in [0.05, 0.1) is 11.2 Å². The average molecular weight is 1060 g/mol. The minimum atomic E-state index is -4.03. The van der Waals surface area contributed by atoms with Gasteiger partial charge in [-0.15, -0.1) is 10.2 Å². The normalized spacial score (nSPS) is 18.8. The lowest BCUT2D eigenvalue weighted by atomic mass is 9.84. The number of aromatic nitrogens is 6. The molecule has 392 valence electrons. The number of nitrogens with zero attached hydrogens (tertiary/aromatic N) is 6. The molecule has 4 aliphatic carbocycles. The second-order valence-corrected chi connectivity index (χ2v) is 32.6. The fraction of sp³-hybridized carbons (Fsp3) is 0.680. The highest BCUT2D eigenvalue weighted by Gasteiger charge is 2.37. The number of hydrogen-bond donors (Lipinski definition) is 6. The molecule has 4 heterocycles. The first-order valence-electron chi connectivity index (χ1n) is 25.9. The molecule has 2 aliphatic heterocycles. The predicted octanol–water partition coefficient (Wildman–Crippen LogP) is 7.69. The number of rotatable bonds is 14. The lowest BCUT2D eigenvalue weighted by Crippen LogP contribution is -2.44. The molecule has 6 aliphatic rings. The number of aliphatic hydroxyl groups is 2. The number of halogens is 1. The van der Waals surface area contributed by atoms with Crippen molar-refractivity contribution in [3.05, 3.63) is 56.6 Å². The maximum absolute atomic E-state index is 13.1. The number of H-pyrrole nitrogens is 1. The van der Waals surface area contributed by atoms with Gasteiger partial charge in [-0.2, -0.15) is 14.3 Å². The van der Waals surface area contributed by atoms with Crippen molar-refractivity contribution >= 4 is 61.1 Å². The SMILES string of the molecule is CC(C)(O)C1CCN(S(=O)(=O)c2nc(Nc3c4c(cc5c3CCC5)CCC4)n[nH]2)CC1.CC(C)(O)C1CCNCC1.C[Si](C)(C)CCOCn1nc(S(=O)(=O)Cl)nc1Nc1c2c(cc3c1CCC3)CCC2. The van der Waals surface area contributed by atoms with Gasteiger partial charge in [-0.25, -0.2) is 26.6 Å². The summed E-state index contributed by atoms with van der Waals surface area (Å²) in [4.78, 5) is 8.52. The van der Waals surface area contributed by atoms with E-state index in [0.29, 0.717) is 50.4 Å². The number of aromatic amines is 1. The fourth-order valence-electron chi connectivity index (χ4n) is 11.2. The van der Waals surface area contributed by atoms with Crippen LogP contribution < -0.4 is 16.0 Å². The van der Waals surface area contributed by atoms with Gasteiger partial charge in [0.25, 0.3) is 29.4 Å². The van der Waals surface area contributed by atoms with Gasteiger partial charge in [0.2, 0.25) is 11.9 Å². The van der Waals surface area contributed by atoms with Gasteiger partial charge in [0.1, 0.15) is 6.73 Å². The Labute approximate surface area is 426 Å². The number of sulfonamides is 1. The van der Waals surface area contributed by atoms with E-state index in [4.69, 9.17) is 15.4 Å². The maximum atomic E-state index is 13.1. The number of aryl methyl sites for hydroxylation is 4. The molecule has 21 heteroatoms. The van der Waals surface area contributed by atoms with Crippen molar-refractivity contribution in [3.8, 4) is 0 Å². The molecule has 17 nitrogen and oxygen atoms in total. The van der Waals surface area contributed by atoms with E-state index in [-0.39, 0.29) is 17.8 Å². The van der Waals surface area contributed by atoms with Crippen LogP contribution in [0.4, 0.5) is 23.3 Å². The summed E-state index contributed by atoms with van der Waals surface area (Å²) in [5, 5.41) is 40.3. The fourth-order valence-corrected chi connectivity index (χ4v) is 13.8. The Morgan fingerprint density at radius 2 is 1.21 bits per heavy atom. The van der Waals surface area contributed by atoms with Crippen LogP contribution in [-0.2, 0) is 81.9 Å². The molecule has 2 aromatic carbocycles. The summed E-state index contributed by atoms with van der Waals surface area (Å²) in [6.07, 6.45) is 16.6. The van der Waals surface area contributed by atoms with E-state index < -0.39 is 43.5 Å². The molecule has 4 aromatic rings. The van der Waals surface area contributed by atoms with E-state index in [1.54, 1.807) is 13.8 Å². The van der Waals surface area contributed by atoms with Crippen LogP contribution in [0.25, 0.3) is 0 Å². The zero-order valence-electron chi connectivity index (χ0n) is 42.9. The van der Waals surface area contributed by atoms with Crippen molar-refractivity contribution in [2.45, 2.75) is 184 Å². The summed E-state index contributed by atoms with van der Waals surface area (Å²) in [7, 11) is -3.47. The van der Waals surface area contributed by atoms with Crippen LogP contribution in [0.15, 0.2) is 22.4 Å². The second-order valence-electron chi connectivity index (χ2n) is 22.7. The lowest BCUT2D eigenvalue weighted by molar-refractivity contribution is -0.00381. The first-order chi connectivity index (χ1) is 33.5. The third-order valence-corrected chi connectivity index (χ3v) is 19.8. The molecule has 0 bridgehead atoms. The second kappa shape index (κ2) is 21.8. The summed E-state index contributed by atoms with van der Waals surface area (Å²) < 4.78 is 58.6. The van der Waals surface area contributed by atoms with Gasteiger partial charge >= 0.3 is 0 Å². The number of nitrogens with one attached hydrogen (secondary N) is 4. The Morgan fingerprint density at radius 1 is 0.732 bits per heavy atom. The quantitative estimate of drug-likeness (QED) is 0.0404. The van der Waals surface area contributed by atoms with Crippen LogP contribution in [0.2, 0.25) is 25.7 Å². The van der Waals surface area contributed by atoms with Gasteiger partial charge in [-0.1, -0.05) is 31.8 Å². The summed E-state index contributed by atoms with van der Waals surface area (Å²) in [5.41, 5.74) is 11.8. The predicted molar refractivity (Wildman–Crippen MR) is 281 cm³/mol. The van der Waals surface area contributed by atoms with Crippen LogP contribution in [-0.4, -0.2) is 113 Å².